The molecule has 1 heterocycles. The molecule has 0 radical (unpaired) electrons. The Labute approximate surface area is 120 Å². The third-order valence-corrected chi connectivity index (χ3v) is 3.98. The van der Waals surface area contributed by atoms with Crippen LogP contribution in [0.15, 0.2) is 6.07 Å². The average Bonchev–Trinajstić information content (AvgIpc) is 2.37. The van der Waals surface area contributed by atoms with Gasteiger partial charge in [0, 0.05) is 5.69 Å². The number of fused-ring (bicyclic) bond motifs is 1. The first-order valence-electron chi connectivity index (χ1n) is 6.94. The lowest BCUT2D eigenvalue weighted by Gasteiger charge is -2.27. The van der Waals surface area contributed by atoms with Crippen molar-refractivity contribution in [2.24, 2.45) is 5.73 Å². The predicted molar refractivity (Wildman–Crippen MR) is 81.8 cm³/mol. The minimum Gasteiger partial charge on any atom is -0.471 e. The fraction of sp³-hybridized carbons (Fsp3) is 0.600. The molecule has 1 aliphatic rings. The van der Waals surface area contributed by atoms with Gasteiger partial charge in [-0.05, 0) is 57.6 Å². The van der Waals surface area contributed by atoms with E-state index in [0.29, 0.717) is 10.9 Å². The molecule has 4 heteroatoms. The summed E-state index contributed by atoms with van der Waals surface area (Å²) >= 11 is 5.14. The van der Waals surface area contributed by atoms with E-state index in [-0.39, 0.29) is 5.60 Å². The van der Waals surface area contributed by atoms with Crippen LogP contribution in [0, 0.1) is 0 Å². The molecule has 19 heavy (non-hydrogen) atoms. The monoisotopic (exact) mass is 278 g/mol. The second kappa shape index (κ2) is 5.45. The van der Waals surface area contributed by atoms with E-state index in [9.17, 15) is 0 Å². The van der Waals surface area contributed by atoms with Crippen molar-refractivity contribution in [3.8, 4) is 5.88 Å². The quantitative estimate of drug-likeness (QED) is 0.859. The number of thiocarbonyl (C=S) groups is 1. The van der Waals surface area contributed by atoms with Gasteiger partial charge < -0.3 is 10.5 Å². The molecule has 0 saturated carbocycles. The molecule has 0 aromatic carbocycles. The molecule has 2 N–H and O–H groups in total. The van der Waals surface area contributed by atoms with Gasteiger partial charge in [-0.2, -0.15) is 0 Å². The van der Waals surface area contributed by atoms with Gasteiger partial charge in [0.1, 0.15) is 10.6 Å². The van der Waals surface area contributed by atoms with Crippen LogP contribution in [-0.2, 0) is 12.8 Å². The SMILES string of the molecule is CCC(C)(C)Oc1nc2c(cc1C(N)=S)CCCC2. The van der Waals surface area contributed by atoms with Crippen LogP contribution >= 0.6 is 12.2 Å². The molecule has 0 bridgehead atoms. The summed E-state index contributed by atoms with van der Waals surface area (Å²) in [4.78, 5) is 5.04. The van der Waals surface area contributed by atoms with E-state index in [0.717, 1.165) is 30.5 Å². The molecule has 0 spiro atoms. The lowest BCUT2D eigenvalue weighted by Crippen LogP contribution is -2.29. The Kier molecular flexibility index (Phi) is 4.09. The maximum Gasteiger partial charge on any atom is 0.224 e. The highest BCUT2D eigenvalue weighted by atomic mass is 32.1. The van der Waals surface area contributed by atoms with Crippen molar-refractivity contribution < 1.29 is 4.74 Å². The molecular weight excluding hydrogens is 256 g/mol. The van der Waals surface area contributed by atoms with Crippen molar-refractivity contribution in [1.29, 1.82) is 0 Å². The van der Waals surface area contributed by atoms with E-state index in [1.807, 2.05) is 0 Å². The lowest BCUT2D eigenvalue weighted by molar-refractivity contribution is 0.0984. The van der Waals surface area contributed by atoms with Crippen LogP contribution in [-0.4, -0.2) is 15.6 Å². The maximum atomic E-state index is 6.03. The highest BCUT2D eigenvalue weighted by Gasteiger charge is 2.23. The lowest BCUT2D eigenvalue weighted by atomic mass is 9.95. The van der Waals surface area contributed by atoms with Crippen LogP contribution in [0.25, 0.3) is 0 Å². The Balaban J connectivity index is 2.43. The molecule has 1 aromatic heterocycles. The second-order valence-corrected chi connectivity index (χ2v) is 6.17. The molecule has 0 amide bonds. The minimum atomic E-state index is -0.255. The number of pyridine rings is 1. The summed E-state index contributed by atoms with van der Waals surface area (Å²) in [5, 5.41) is 0. The van der Waals surface area contributed by atoms with Gasteiger partial charge in [-0.25, -0.2) is 4.98 Å². The van der Waals surface area contributed by atoms with Crippen LogP contribution < -0.4 is 10.5 Å². The first-order chi connectivity index (χ1) is 8.93. The minimum absolute atomic E-state index is 0.255. The summed E-state index contributed by atoms with van der Waals surface area (Å²) in [6.07, 6.45) is 5.41. The van der Waals surface area contributed by atoms with Crippen molar-refractivity contribution in [1.82, 2.24) is 4.98 Å². The number of ether oxygens (including phenoxy) is 1. The van der Waals surface area contributed by atoms with Gasteiger partial charge in [-0.3, -0.25) is 0 Å². The van der Waals surface area contributed by atoms with Crippen molar-refractivity contribution in [2.75, 3.05) is 0 Å². The highest BCUT2D eigenvalue weighted by molar-refractivity contribution is 7.80. The molecule has 0 saturated heterocycles. The first-order valence-corrected chi connectivity index (χ1v) is 7.35. The van der Waals surface area contributed by atoms with Gasteiger partial charge in [0.25, 0.3) is 0 Å². The van der Waals surface area contributed by atoms with Crippen LogP contribution in [0.5, 0.6) is 5.88 Å². The largest absolute Gasteiger partial charge is 0.471 e. The first kappa shape index (κ1) is 14.3. The Bertz CT molecular complexity index is 497. The van der Waals surface area contributed by atoms with Crippen molar-refractivity contribution in [3.05, 3.63) is 22.9 Å². The van der Waals surface area contributed by atoms with Crippen LogP contribution in [0.3, 0.4) is 0 Å². The molecule has 1 aliphatic carbocycles. The number of nitrogens with two attached hydrogens (primary N) is 1. The standard InChI is InChI=1S/C15H22N2OS/c1-4-15(2,3)18-14-11(13(16)19)9-10-7-5-6-8-12(10)17-14/h9H,4-8H2,1-3H3,(H2,16,19). The van der Waals surface area contributed by atoms with Gasteiger partial charge >= 0.3 is 0 Å². The summed E-state index contributed by atoms with van der Waals surface area (Å²) in [6.45, 7) is 6.20. The normalized spacial score (nSPS) is 14.9. The number of rotatable bonds is 4. The molecule has 0 fully saturated rings. The van der Waals surface area contributed by atoms with E-state index in [2.05, 4.69) is 31.8 Å². The van der Waals surface area contributed by atoms with Crippen molar-refractivity contribution in [2.45, 2.75) is 58.5 Å². The number of aromatic nitrogens is 1. The van der Waals surface area contributed by atoms with E-state index >= 15 is 0 Å². The summed E-state index contributed by atoms with van der Waals surface area (Å²) < 4.78 is 6.03. The Hall–Kier alpha value is -1.16. The second-order valence-electron chi connectivity index (χ2n) is 5.73. The number of aryl methyl sites for hydroxylation is 2. The third kappa shape index (κ3) is 3.24. The highest BCUT2D eigenvalue weighted by Crippen LogP contribution is 2.28. The zero-order chi connectivity index (χ0) is 14.0. The zero-order valence-corrected chi connectivity index (χ0v) is 12.8. The average molecular weight is 278 g/mol. The molecule has 0 unspecified atom stereocenters. The Morgan fingerprint density at radius 2 is 2.11 bits per heavy atom. The Morgan fingerprint density at radius 3 is 2.74 bits per heavy atom. The van der Waals surface area contributed by atoms with E-state index in [4.69, 9.17) is 22.7 Å². The summed E-state index contributed by atoms with van der Waals surface area (Å²) in [6, 6.07) is 2.07. The van der Waals surface area contributed by atoms with Crippen molar-refractivity contribution >= 4 is 17.2 Å². The molecule has 0 aliphatic heterocycles. The zero-order valence-electron chi connectivity index (χ0n) is 12.0. The maximum absolute atomic E-state index is 6.03. The van der Waals surface area contributed by atoms with Crippen LogP contribution in [0.1, 0.15) is 56.9 Å². The molecule has 104 valence electrons. The summed E-state index contributed by atoms with van der Waals surface area (Å²) in [5.74, 6) is 0.597. The Morgan fingerprint density at radius 1 is 1.42 bits per heavy atom. The van der Waals surface area contributed by atoms with Crippen LogP contribution in [0.4, 0.5) is 0 Å². The molecule has 2 rings (SSSR count). The van der Waals surface area contributed by atoms with Gasteiger partial charge in [-0.1, -0.05) is 19.1 Å². The van der Waals surface area contributed by atoms with Gasteiger partial charge in [-0.15, -0.1) is 0 Å². The number of hydrogen-bond acceptors (Lipinski definition) is 3. The van der Waals surface area contributed by atoms with Gasteiger partial charge in [0.05, 0.1) is 5.56 Å². The summed E-state index contributed by atoms with van der Waals surface area (Å²) in [5.41, 5.74) is 8.76. The fourth-order valence-corrected chi connectivity index (χ4v) is 2.35. The molecule has 3 nitrogen and oxygen atoms in total. The number of hydrogen-bond donors (Lipinski definition) is 1. The molecule has 0 atom stereocenters. The van der Waals surface area contributed by atoms with Crippen LogP contribution in [0.2, 0.25) is 0 Å². The predicted octanol–water partition coefficient (Wildman–Crippen LogP) is 3.16. The fourth-order valence-electron chi connectivity index (χ4n) is 2.20. The van der Waals surface area contributed by atoms with E-state index in [1.54, 1.807) is 0 Å². The molecule has 1 aromatic rings. The van der Waals surface area contributed by atoms with Gasteiger partial charge in [0.15, 0.2) is 0 Å². The summed E-state index contributed by atoms with van der Waals surface area (Å²) in [7, 11) is 0. The smallest absolute Gasteiger partial charge is 0.224 e. The third-order valence-electron chi connectivity index (χ3n) is 3.76. The van der Waals surface area contributed by atoms with Crippen molar-refractivity contribution in [3.63, 3.8) is 0 Å². The van der Waals surface area contributed by atoms with Gasteiger partial charge in [0.2, 0.25) is 5.88 Å². The van der Waals surface area contributed by atoms with E-state index < -0.39 is 0 Å². The topological polar surface area (TPSA) is 48.1 Å². The molecular formula is C15H22N2OS. The number of nitrogens with zero attached hydrogens (tertiary/aromatic N) is 1. The van der Waals surface area contributed by atoms with E-state index in [1.165, 1.54) is 18.4 Å².